The van der Waals surface area contributed by atoms with Gasteiger partial charge in [0.15, 0.2) is 0 Å². The predicted molar refractivity (Wildman–Crippen MR) is 83.3 cm³/mol. The molecule has 0 spiro atoms. The molecule has 3 N–H and O–H groups in total. The first kappa shape index (κ1) is 14.3. The van der Waals surface area contributed by atoms with Gasteiger partial charge in [-0.1, -0.05) is 35.9 Å². The third-order valence-electron chi connectivity index (χ3n) is 3.46. The van der Waals surface area contributed by atoms with Gasteiger partial charge < -0.3 is 0 Å². The van der Waals surface area contributed by atoms with Crippen molar-refractivity contribution < 1.29 is 0 Å². The third kappa shape index (κ3) is 4.78. The lowest BCUT2D eigenvalue weighted by molar-refractivity contribution is 0.465. The van der Waals surface area contributed by atoms with Crippen LogP contribution >= 0.6 is 11.3 Å². The summed E-state index contributed by atoms with van der Waals surface area (Å²) in [5.74, 6) is 5.65. The van der Waals surface area contributed by atoms with Gasteiger partial charge in [0.2, 0.25) is 0 Å². The van der Waals surface area contributed by atoms with Crippen molar-refractivity contribution in [3.8, 4) is 0 Å². The monoisotopic (exact) mass is 274 g/mol. The maximum absolute atomic E-state index is 5.65. The molecule has 19 heavy (non-hydrogen) atoms. The molecular weight excluding hydrogens is 252 g/mol. The van der Waals surface area contributed by atoms with E-state index < -0.39 is 0 Å². The van der Waals surface area contributed by atoms with Crippen LogP contribution in [0.3, 0.4) is 0 Å². The van der Waals surface area contributed by atoms with E-state index in [4.69, 9.17) is 5.84 Å². The minimum absolute atomic E-state index is 0.392. The van der Waals surface area contributed by atoms with Crippen LogP contribution in [0.25, 0.3) is 0 Å². The molecule has 0 fully saturated rings. The number of benzene rings is 1. The fourth-order valence-electron chi connectivity index (χ4n) is 2.18. The maximum atomic E-state index is 5.65. The van der Waals surface area contributed by atoms with Crippen LogP contribution in [0.5, 0.6) is 0 Å². The molecule has 0 aliphatic carbocycles. The van der Waals surface area contributed by atoms with Gasteiger partial charge in [-0.15, -0.1) is 11.3 Å². The summed E-state index contributed by atoms with van der Waals surface area (Å²) < 4.78 is 0. The van der Waals surface area contributed by atoms with Crippen LogP contribution < -0.4 is 11.3 Å². The van der Waals surface area contributed by atoms with Crippen molar-refractivity contribution in [2.75, 3.05) is 0 Å². The second-order valence-electron chi connectivity index (χ2n) is 5.01. The Morgan fingerprint density at radius 2 is 1.84 bits per heavy atom. The summed E-state index contributed by atoms with van der Waals surface area (Å²) >= 11 is 1.82. The van der Waals surface area contributed by atoms with Crippen LogP contribution in [0.1, 0.15) is 28.8 Å². The van der Waals surface area contributed by atoms with Crippen molar-refractivity contribution >= 4 is 11.3 Å². The molecule has 0 bridgehead atoms. The molecule has 1 unspecified atom stereocenters. The summed E-state index contributed by atoms with van der Waals surface area (Å²) in [6, 6.07) is 13.5. The van der Waals surface area contributed by atoms with Gasteiger partial charge in [-0.05, 0) is 49.6 Å². The van der Waals surface area contributed by atoms with Gasteiger partial charge in [0.1, 0.15) is 0 Å². The number of hydrazine groups is 1. The predicted octanol–water partition coefficient (Wildman–Crippen LogP) is 3.45. The van der Waals surface area contributed by atoms with Gasteiger partial charge in [-0.25, -0.2) is 0 Å². The van der Waals surface area contributed by atoms with E-state index in [1.165, 1.54) is 16.0 Å². The summed E-state index contributed by atoms with van der Waals surface area (Å²) in [6.45, 7) is 2.12. The highest BCUT2D eigenvalue weighted by atomic mass is 32.1. The molecule has 1 aromatic heterocycles. The van der Waals surface area contributed by atoms with Crippen LogP contribution in [0.4, 0.5) is 0 Å². The van der Waals surface area contributed by atoms with Crippen LogP contribution in [0.2, 0.25) is 0 Å². The van der Waals surface area contributed by atoms with Crippen LogP contribution in [0, 0.1) is 6.92 Å². The van der Waals surface area contributed by atoms with E-state index in [9.17, 15) is 0 Å². The number of nitrogens with two attached hydrogens (primary N) is 1. The maximum Gasteiger partial charge on any atom is 0.0217 e. The quantitative estimate of drug-likeness (QED) is 0.599. The van der Waals surface area contributed by atoms with Gasteiger partial charge in [0.25, 0.3) is 0 Å². The number of rotatable bonds is 7. The summed E-state index contributed by atoms with van der Waals surface area (Å²) in [5.41, 5.74) is 5.66. The Bertz CT molecular complexity index is 462. The van der Waals surface area contributed by atoms with Gasteiger partial charge in [0, 0.05) is 10.9 Å². The molecule has 2 nitrogen and oxygen atoms in total. The van der Waals surface area contributed by atoms with Crippen molar-refractivity contribution in [3.05, 3.63) is 57.8 Å². The zero-order valence-electron chi connectivity index (χ0n) is 11.4. The summed E-state index contributed by atoms with van der Waals surface area (Å²) in [6.07, 6.45) is 4.38. The van der Waals surface area contributed by atoms with Crippen LogP contribution in [0.15, 0.2) is 41.8 Å². The Morgan fingerprint density at radius 1 is 1.11 bits per heavy atom. The molecule has 0 radical (unpaired) electrons. The number of hydrogen-bond donors (Lipinski definition) is 2. The molecule has 0 aliphatic heterocycles. The minimum Gasteiger partial charge on any atom is -0.271 e. The van der Waals surface area contributed by atoms with Crippen molar-refractivity contribution in [2.45, 2.75) is 38.6 Å². The Morgan fingerprint density at radius 3 is 2.47 bits per heavy atom. The largest absolute Gasteiger partial charge is 0.271 e. The van der Waals surface area contributed by atoms with E-state index in [0.29, 0.717) is 6.04 Å². The highest BCUT2D eigenvalue weighted by Gasteiger charge is 2.07. The second-order valence-corrected chi connectivity index (χ2v) is 6.04. The molecule has 102 valence electrons. The zero-order chi connectivity index (χ0) is 13.5. The highest BCUT2D eigenvalue weighted by Crippen LogP contribution is 2.14. The highest BCUT2D eigenvalue weighted by molar-refractivity contribution is 7.09. The molecule has 0 saturated carbocycles. The summed E-state index contributed by atoms with van der Waals surface area (Å²) in [7, 11) is 0. The van der Waals surface area contributed by atoms with Crippen molar-refractivity contribution in [1.29, 1.82) is 0 Å². The van der Waals surface area contributed by atoms with Gasteiger partial charge >= 0.3 is 0 Å². The van der Waals surface area contributed by atoms with Gasteiger partial charge in [-0.3, -0.25) is 11.3 Å². The molecule has 0 saturated heterocycles. The molecule has 1 aromatic carbocycles. The standard InChI is InChI=1S/C16H22N2S/c1-13-4-6-14(7-5-13)8-9-15(18-17)10-11-16-3-2-12-19-16/h2-7,12,15,18H,8-11,17H2,1H3. The Balaban J connectivity index is 1.77. The average molecular weight is 274 g/mol. The third-order valence-corrected chi connectivity index (χ3v) is 4.39. The van der Waals surface area contributed by atoms with E-state index in [1.54, 1.807) is 0 Å². The van der Waals surface area contributed by atoms with Crippen molar-refractivity contribution in [2.24, 2.45) is 5.84 Å². The lowest BCUT2D eigenvalue weighted by atomic mass is 10.0. The number of aryl methyl sites for hydroxylation is 3. The molecule has 0 amide bonds. The normalized spacial score (nSPS) is 12.5. The molecule has 3 heteroatoms. The van der Waals surface area contributed by atoms with Gasteiger partial charge in [0.05, 0.1) is 0 Å². The van der Waals surface area contributed by atoms with E-state index in [2.05, 4.69) is 54.1 Å². The topological polar surface area (TPSA) is 38.0 Å². The van der Waals surface area contributed by atoms with E-state index >= 15 is 0 Å². The van der Waals surface area contributed by atoms with E-state index in [-0.39, 0.29) is 0 Å². The summed E-state index contributed by atoms with van der Waals surface area (Å²) in [5, 5.41) is 2.13. The van der Waals surface area contributed by atoms with Crippen LogP contribution in [-0.2, 0) is 12.8 Å². The fraction of sp³-hybridized carbons (Fsp3) is 0.375. The average Bonchev–Trinajstić information content (AvgIpc) is 2.94. The Hall–Kier alpha value is -1.16. The van der Waals surface area contributed by atoms with Crippen LogP contribution in [-0.4, -0.2) is 6.04 Å². The first-order chi connectivity index (χ1) is 9.28. The summed E-state index contributed by atoms with van der Waals surface area (Å²) in [4.78, 5) is 1.44. The Labute approximate surface area is 119 Å². The lowest BCUT2D eigenvalue weighted by Gasteiger charge is -2.15. The minimum atomic E-state index is 0.392. The molecule has 1 atom stereocenters. The molecule has 0 aliphatic rings. The van der Waals surface area contributed by atoms with Crippen molar-refractivity contribution in [1.82, 2.24) is 5.43 Å². The zero-order valence-corrected chi connectivity index (χ0v) is 12.2. The lowest BCUT2D eigenvalue weighted by Crippen LogP contribution is -2.35. The fourth-order valence-corrected chi connectivity index (χ4v) is 2.90. The number of thiophene rings is 1. The molecule has 2 rings (SSSR count). The number of hydrogen-bond acceptors (Lipinski definition) is 3. The SMILES string of the molecule is Cc1ccc(CCC(CCc2cccs2)NN)cc1. The second kappa shape index (κ2) is 7.43. The number of nitrogens with one attached hydrogen (secondary N) is 1. The Kier molecular flexibility index (Phi) is 5.58. The molecule has 1 heterocycles. The van der Waals surface area contributed by atoms with Crippen molar-refractivity contribution in [3.63, 3.8) is 0 Å². The molecule has 2 aromatic rings. The molecular formula is C16H22N2S. The van der Waals surface area contributed by atoms with E-state index in [1.807, 2.05) is 11.3 Å². The van der Waals surface area contributed by atoms with Gasteiger partial charge in [-0.2, -0.15) is 0 Å². The smallest absolute Gasteiger partial charge is 0.0217 e. The first-order valence-electron chi connectivity index (χ1n) is 6.82. The van der Waals surface area contributed by atoms with E-state index in [0.717, 1.165) is 25.7 Å². The first-order valence-corrected chi connectivity index (χ1v) is 7.70.